The third-order valence-electron chi connectivity index (χ3n) is 12.4. The van der Waals surface area contributed by atoms with E-state index < -0.39 is 0 Å². The summed E-state index contributed by atoms with van der Waals surface area (Å²) in [5.74, 6) is 0. The summed E-state index contributed by atoms with van der Waals surface area (Å²) in [6, 6.07) is 79.8. The SMILES string of the molecule is CC1(C)c2ccccc2-c2cc3c4ccc(N(c5ccc(-c6ccccc6)cc5)c5cccc(-c6ccccc6)c5)cc4n(-c4ccc(-c5ccccc5)cc4)c3cc21. The smallest absolute Gasteiger partial charge is 0.0561 e. The third kappa shape index (κ3) is 5.87. The Morgan fingerprint density at radius 2 is 0.847 bits per heavy atom. The molecule has 0 saturated carbocycles. The normalized spacial score (nSPS) is 12.7. The Kier molecular flexibility index (Phi) is 8.20. The first kappa shape index (κ1) is 34.8. The molecule has 9 aromatic carbocycles. The zero-order valence-electron chi connectivity index (χ0n) is 33.2. The minimum atomic E-state index is -0.115. The lowest BCUT2D eigenvalue weighted by atomic mass is 9.82. The zero-order valence-corrected chi connectivity index (χ0v) is 33.2. The van der Waals surface area contributed by atoms with Gasteiger partial charge in [-0.15, -0.1) is 0 Å². The second kappa shape index (κ2) is 13.9. The fourth-order valence-corrected chi connectivity index (χ4v) is 9.39. The predicted molar refractivity (Wildman–Crippen MR) is 249 cm³/mol. The lowest BCUT2D eigenvalue weighted by Gasteiger charge is -2.26. The monoisotopic (exact) mass is 754 g/mol. The molecule has 2 heteroatoms. The van der Waals surface area contributed by atoms with Crippen molar-refractivity contribution in [3.63, 3.8) is 0 Å². The second-order valence-electron chi connectivity index (χ2n) is 16.2. The van der Waals surface area contributed by atoms with Crippen molar-refractivity contribution in [2.75, 3.05) is 4.90 Å². The number of anilines is 3. The van der Waals surface area contributed by atoms with Gasteiger partial charge < -0.3 is 9.47 Å². The molecule has 0 radical (unpaired) electrons. The highest BCUT2D eigenvalue weighted by molar-refractivity contribution is 6.12. The van der Waals surface area contributed by atoms with E-state index in [0.29, 0.717) is 0 Å². The van der Waals surface area contributed by atoms with Crippen molar-refractivity contribution in [1.82, 2.24) is 4.57 Å². The molecule has 2 nitrogen and oxygen atoms in total. The molecule has 0 aliphatic heterocycles. The molecule has 59 heavy (non-hydrogen) atoms. The highest BCUT2D eigenvalue weighted by atomic mass is 15.1. The third-order valence-corrected chi connectivity index (χ3v) is 12.4. The molecular formula is C57H42N2. The number of hydrogen-bond donors (Lipinski definition) is 0. The Bertz CT molecular complexity index is 3140. The van der Waals surface area contributed by atoms with Gasteiger partial charge in [-0.05, 0) is 116 Å². The standard InChI is InChI=1S/C57H42N2/c1-57(2)53-24-13-12-23-49(53)51-37-52-50-34-33-48(36-55(50)59(56(52)38-54(51)57)46-31-27-43(28-32-46)40-17-8-4-9-18-40)58(45-29-25-42(26-30-45)39-15-6-3-7-16-39)47-22-14-21-44(35-47)41-19-10-5-11-20-41/h3-38H,1-2H3. The summed E-state index contributed by atoms with van der Waals surface area (Å²) in [6.07, 6.45) is 0. The van der Waals surface area contributed by atoms with E-state index in [1.807, 2.05) is 0 Å². The van der Waals surface area contributed by atoms with E-state index in [1.165, 1.54) is 77.4 Å². The van der Waals surface area contributed by atoms with Gasteiger partial charge in [-0.25, -0.2) is 0 Å². The van der Waals surface area contributed by atoms with Crippen molar-refractivity contribution < 1.29 is 0 Å². The van der Waals surface area contributed by atoms with Crippen LogP contribution in [0.3, 0.4) is 0 Å². The fourth-order valence-electron chi connectivity index (χ4n) is 9.39. The molecule has 0 amide bonds. The quantitative estimate of drug-likeness (QED) is 0.157. The number of rotatable bonds is 7. The maximum atomic E-state index is 2.49. The van der Waals surface area contributed by atoms with Crippen molar-refractivity contribution in [3.05, 3.63) is 230 Å². The van der Waals surface area contributed by atoms with Crippen LogP contribution < -0.4 is 4.90 Å². The molecular weight excluding hydrogens is 713 g/mol. The molecule has 0 spiro atoms. The van der Waals surface area contributed by atoms with E-state index in [1.54, 1.807) is 0 Å². The van der Waals surface area contributed by atoms with Crippen molar-refractivity contribution in [2.24, 2.45) is 0 Å². The first-order chi connectivity index (χ1) is 29.0. The van der Waals surface area contributed by atoms with Crippen LogP contribution in [-0.4, -0.2) is 4.57 Å². The van der Waals surface area contributed by atoms with E-state index >= 15 is 0 Å². The van der Waals surface area contributed by atoms with Crippen LogP contribution in [0.4, 0.5) is 17.1 Å². The maximum absolute atomic E-state index is 2.49. The molecule has 1 aliphatic carbocycles. The molecule has 280 valence electrons. The minimum Gasteiger partial charge on any atom is -0.310 e. The summed E-state index contributed by atoms with van der Waals surface area (Å²) >= 11 is 0. The van der Waals surface area contributed by atoms with Crippen molar-refractivity contribution >= 4 is 38.9 Å². The van der Waals surface area contributed by atoms with Gasteiger partial charge in [-0.1, -0.05) is 172 Å². The molecule has 0 saturated heterocycles. The van der Waals surface area contributed by atoms with Gasteiger partial charge in [0.1, 0.15) is 0 Å². The number of nitrogens with zero attached hydrogens (tertiary/aromatic N) is 2. The highest BCUT2D eigenvalue weighted by Gasteiger charge is 2.36. The number of benzene rings is 9. The molecule has 1 heterocycles. The van der Waals surface area contributed by atoms with Gasteiger partial charge in [0.15, 0.2) is 0 Å². The fraction of sp³-hybridized carbons (Fsp3) is 0.0526. The van der Waals surface area contributed by atoms with Crippen LogP contribution in [0.5, 0.6) is 0 Å². The van der Waals surface area contributed by atoms with E-state index in [-0.39, 0.29) is 5.41 Å². The Morgan fingerprint density at radius 3 is 1.51 bits per heavy atom. The molecule has 0 N–H and O–H groups in total. The summed E-state index contributed by atoms with van der Waals surface area (Å²) < 4.78 is 2.49. The lowest BCUT2D eigenvalue weighted by Crippen LogP contribution is -2.15. The van der Waals surface area contributed by atoms with Crippen LogP contribution in [-0.2, 0) is 5.41 Å². The second-order valence-corrected chi connectivity index (χ2v) is 16.2. The maximum Gasteiger partial charge on any atom is 0.0561 e. The summed E-state index contributed by atoms with van der Waals surface area (Å²) in [4.78, 5) is 2.40. The predicted octanol–water partition coefficient (Wildman–Crippen LogP) is 15.6. The van der Waals surface area contributed by atoms with E-state index in [0.717, 1.165) is 22.7 Å². The largest absolute Gasteiger partial charge is 0.310 e. The average molecular weight is 755 g/mol. The summed E-state index contributed by atoms with van der Waals surface area (Å²) in [5.41, 5.74) is 19.3. The molecule has 0 fully saturated rings. The van der Waals surface area contributed by atoms with E-state index in [9.17, 15) is 0 Å². The van der Waals surface area contributed by atoms with Crippen molar-refractivity contribution in [1.29, 1.82) is 0 Å². The van der Waals surface area contributed by atoms with Gasteiger partial charge >= 0.3 is 0 Å². The van der Waals surface area contributed by atoms with Gasteiger partial charge in [0.05, 0.1) is 11.0 Å². The minimum absolute atomic E-state index is 0.115. The Hall–Kier alpha value is -7.42. The number of hydrogen-bond acceptors (Lipinski definition) is 1. The van der Waals surface area contributed by atoms with Gasteiger partial charge in [-0.3, -0.25) is 0 Å². The van der Waals surface area contributed by atoms with Crippen LogP contribution in [0.15, 0.2) is 218 Å². The summed E-state index contributed by atoms with van der Waals surface area (Å²) in [5, 5.41) is 2.49. The Balaban J connectivity index is 1.14. The van der Waals surface area contributed by atoms with Crippen LogP contribution in [0.25, 0.3) is 72.0 Å². The van der Waals surface area contributed by atoms with Crippen LogP contribution in [0.1, 0.15) is 25.0 Å². The van der Waals surface area contributed by atoms with E-state index in [4.69, 9.17) is 0 Å². The van der Waals surface area contributed by atoms with Gasteiger partial charge in [0.2, 0.25) is 0 Å². The first-order valence-electron chi connectivity index (χ1n) is 20.5. The Morgan fingerprint density at radius 1 is 0.339 bits per heavy atom. The molecule has 10 aromatic rings. The van der Waals surface area contributed by atoms with Crippen LogP contribution in [0.2, 0.25) is 0 Å². The lowest BCUT2D eigenvalue weighted by molar-refractivity contribution is 0.661. The summed E-state index contributed by atoms with van der Waals surface area (Å²) in [6.45, 7) is 4.74. The molecule has 1 aromatic heterocycles. The van der Waals surface area contributed by atoms with Gasteiger partial charge in [-0.2, -0.15) is 0 Å². The number of fused-ring (bicyclic) bond motifs is 6. The molecule has 0 bridgehead atoms. The topological polar surface area (TPSA) is 8.17 Å². The average Bonchev–Trinajstić information content (AvgIpc) is 3.74. The van der Waals surface area contributed by atoms with Gasteiger partial charge in [0, 0.05) is 38.9 Å². The molecule has 0 atom stereocenters. The van der Waals surface area contributed by atoms with E-state index in [2.05, 4.69) is 242 Å². The van der Waals surface area contributed by atoms with Crippen molar-refractivity contribution in [2.45, 2.75) is 19.3 Å². The highest BCUT2D eigenvalue weighted by Crippen LogP contribution is 2.51. The van der Waals surface area contributed by atoms with Gasteiger partial charge in [0.25, 0.3) is 0 Å². The Labute approximate surface area is 345 Å². The first-order valence-corrected chi connectivity index (χ1v) is 20.5. The van der Waals surface area contributed by atoms with Crippen LogP contribution in [0, 0.1) is 0 Å². The molecule has 1 aliphatic rings. The van der Waals surface area contributed by atoms with Crippen LogP contribution >= 0.6 is 0 Å². The van der Waals surface area contributed by atoms with Crippen molar-refractivity contribution in [3.8, 4) is 50.2 Å². The summed E-state index contributed by atoms with van der Waals surface area (Å²) in [7, 11) is 0. The molecule has 0 unspecified atom stereocenters. The number of aromatic nitrogens is 1. The zero-order chi connectivity index (χ0) is 39.5. The molecule has 11 rings (SSSR count).